The van der Waals surface area contributed by atoms with Crippen LogP contribution < -0.4 is 5.32 Å². The molecule has 7 heteroatoms. The Morgan fingerprint density at radius 3 is 2.27 bits per heavy atom. The van der Waals surface area contributed by atoms with Crippen LogP contribution in [0.15, 0.2) is 30.5 Å². The largest absolute Gasteiger partial charge is 0.319 e. The van der Waals surface area contributed by atoms with Crippen LogP contribution in [0.4, 0.5) is 5.69 Å². The van der Waals surface area contributed by atoms with Crippen LogP contribution in [-0.2, 0) is 5.54 Å². The Morgan fingerprint density at radius 2 is 1.77 bits per heavy atom. The number of amides is 1. The van der Waals surface area contributed by atoms with Crippen LogP contribution >= 0.6 is 0 Å². The van der Waals surface area contributed by atoms with Gasteiger partial charge in [0, 0.05) is 11.4 Å². The number of nitrogens with zero attached hydrogens (tertiary/aromatic N) is 5. The van der Waals surface area contributed by atoms with Gasteiger partial charge < -0.3 is 5.32 Å². The van der Waals surface area contributed by atoms with Crippen LogP contribution in [0.1, 0.15) is 48.3 Å². The van der Waals surface area contributed by atoms with Crippen molar-refractivity contribution in [3.63, 3.8) is 0 Å². The number of aromatic nitrogens is 5. The molecule has 3 heterocycles. The summed E-state index contributed by atoms with van der Waals surface area (Å²) in [5, 5.41) is 11.7. The molecule has 3 aromatic heterocycles. The van der Waals surface area contributed by atoms with Gasteiger partial charge in [0.1, 0.15) is 0 Å². The number of nitrogens with one attached hydrogen (secondary N) is 1. The van der Waals surface area contributed by atoms with Crippen molar-refractivity contribution in [1.82, 2.24) is 24.5 Å². The highest BCUT2D eigenvalue weighted by molar-refractivity contribution is 6.02. The Hall–Kier alpha value is -2.96. The zero-order chi connectivity index (χ0) is 19.1. The Bertz CT molecular complexity index is 944. The van der Waals surface area contributed by atoms with Crippen molar-refractivity contribution in [3.05, 3.63) is 53.2 Å². The molecular formula is C19H24N6O. The highest BCUT2D eigenvalue weighted by Crippen LogP contribution is 2.18. The van der Waals surface area contributed by atoms with Gasteiger partial charge in [-0.15, -0.1) is 0 Å². The molecule has 0 radical (unpaired) electrons. The molecule has 0 saturated carbocycles. The average molecular weight is 352 g/mol. The van der Waals surface area contributed by atoms with Crippen molar-refractivity contribution in [2.45, 2.75) is 47.1 Å². The smallest absolute Gasteiger partial charge is 0.276 e. The van der Waals surface area contributed by atoms with E-state index in [1.165, 1.54) is 0 Å². The number of hydrogen-bond acceptors (Lipinski definition) is 4. The molecular weight excluding hydrogens is 328 g/mol. The molecule has 0 fully saturated rings. The molecule has 3 rings (SSSR count). The van der Waals surface area contributed by atoms with Crippen molar-refractivity contribution in [2.24, 2.45) is 0 Å². The molecule has 0 unspecified atom stereocenters. The third-order valence-electron chi connectivity index (χ3n) is 3.99. The predicted octanol–water partition coefficient (Wildman–Crippen LogP) is 3.40. The number of carbonyl (C=O) groups is 1. The maximum Gasteiger partial charge on any atom is 0.276 e. The first-order valence-electron chi connectivity index (χ1n) is 8.53. The molecule has 7 nitrogen and oxygen atoms in total. The predicted molar refractivity (Wildman–Crippen MR) is 101 cm³/mol. The lowest BCUT2D eigenvalue weighted by atomic mass is 10.1. The topological polar surface area (TPSA) is 77.6 Å². The summed E-state index contributed by atoms with van der Waals surface area (Å²) in [6.07, 6.45) is 1.62. The molecule has 0 bridgehead atoms. The lowest BCUT2D eigenvalue weighted by Gasteiger charge is -2.21. The summed E-state index contributed by atoms with van der Waals surface area (Å²) >= 11 is 0. The van der Waals surface area contributed by atoms with E-state index >= 15 is 0 Å². The lowest BCUT2D eigenvalue weighted by Crippen LogP contribution is -2.25. The second-order valence-electron chi connectivity index (χ2n) is 7.45. The second-order valence-corrected chi connectivity index (χ2v) is 7.45. The van der Waals surface area contributed by atoms with E-state index in [4.69, 9.17) is 0 Å². The first kappa shape index (κ1) is 17.8. The molecule has 3 aromatic rings. The van der Waals surface area contributed by atoms with E-state index in [2.05, 4.69) is 41.3 Å². The fourth-order valence-corrected chi connectivity index (χ4v) is 2.91. The van der Waals surface area contributed by atoms with Gasteiger partial charge in [-0.3, -0.25) is 9.48 Å². The van der Waals surface area contributed by atoms with Crippen LogP contribution in [0.2, 0.25) is 0 Å². The average Bonchev–Trinajstić information content (AvgIpc) is 3.10. The molecule has 136 valence electrons. The molecule has 0 spiro atoms. The highest BCUT2D eigenvalue weighted by Gasteiger charge is 2.20. The number of anilines is 1. The van der Waals surface area contributed by atoms with Crippen molar-refractivity contribution in [3.8, 4) is 5.82 Å². The zero-order valence-electron chi connectivity index (χ0n) is 16.0. The third kappa shape index (κ3) is 3.51. The molecule has 0 saturated heterocycles. The normalized spacial score (nSPS) is 11.6. The van der Waals surface area contributed by atoms with Crippen molar-refractivity contribution in [2.75, 3.05) is 5.32 Å². The molecule has 1 amide bonds. The van der Waals surface area contributed by atoms with E-state index in [0.29, 0.717) is 17.2 Å². The maximum atomic E-state index is 12.5. The van der Waals surface area contributed by atoms with Gasteiger partial charge in [0.15, 0.2) is 11.5 Å². The van der Waals surface area contributed by atoms with Gasteiger partial charge in [-0.1, -0.05) is 0 Å². The summed E-state index contributed by atoms with van der Waals surface area (Å²) in [6, 6.07) is 7.42. The van der Waals surface area contributed by atoms with Crippen LogP contribution in [0.25, 0.3) is 5.82 Å². The van der Waals surface area contributed by atoms with Gasteiger partial charge >= 0.3 is 0 Å². The summed E-state index contributed by atoms with van der Waals surface area (Å²) in [5.74, 6) is 0.457. The molecule has 0 aliphatic heterocycles. The van der Waals surface area contributed by atoms with Gasteiger partial charge in [0.05, 0.1) is 23.1 Å². The standard InChI is InChI=1S/C19H24N6O/c1-12-9-13(2)24(22-12)17-8-7-15(11-20-17)21-18(26)16-10-14(3)25(23-16)19(4,5)6/h7-11H,1-6H3,(H,21,26). The first-order chi connectivity index (χ1) is 12.1. The van der Waals surface area contributed by atoms with Crippen molar-refractivity contribution < 1.29 is 4.79 Å². The SMILES string of the molecule is Cc1cc(C)n(-c2ccc(NC(=O)c3cc(C)n(C(C)(C)C)n3)cn2)n1. The fourth-order valence-electron chi connectivity index (χ4n) is 2.91. The molecule has 0 aliphatic carbocycles. The molecule has 26 heavy (non-hydrogen) atoms. The lowest BCUT2D eigenvalue weighted by molar-refractivity contribution is 0.102. The Labute approximate surface area is 153 Å². The van der Waals surface area contributed by atoms with E-state index in [1.54, 1.807) is 16.9 Å². The maximum absolute atomic E-state index is 12.5. The van der Waals surface area contributed by atoms with Gasteiger partial charge in [-0.25, -0.2) is 9.67 Å². The minimum absolute atomic E-state index is 0.175. The van der Waals surface area contributed by atoms with Gasteiger partial charge in [0.25, 0.3) is 5.91 Å². The quantitative estimate of drug-likeness (QED) is 0.784. The second kappa shape index (κ2) is 6.40. The molecule has 0 atom stereocenters. The summed E-state index contributed by atoms with van der Waals surface area (Å²) in [4.78, 5) is 16.9. The minimum atomic E-state index is -0.253. The fraction of sp³-hybridized carbons (Fsp3) is 0.368. The highest BCUT2D eigenvalue weighted by atomic mass is 16.2. The monoisotopic (exact) mass is 352 g/mol. The van der Waals surface area contributed by atoms with E-state index < -0.39 is 0 Å². The zero-order valence-corrected chi connectivity index (χ0v) is 16.0. The van der Waals surface area contributed by atoms with E-state index in [0.717, 1.165) is 17.1 Å². The van der Waals surface area contributed by atoms with E-state index in [1.807, 2.05) is 43.7 Å². The van der Waals surface area contributed by atoms with Crippen LogP contribution in [-0.4, -0.2) is 30.5 Å². The van der Waals surface area contributed by atoms with E-state index in [9.17, 15) is 4.79 Å². The number of aryl methyl sites for hydroxylation is 3. The number of hydrogen-bond donors (Lipinski definition) is 1. The van der Waals surface area contributed by atoms with Gasteiger partial charge in [-0.2, -0.15) is 10.2 Å². The minimum Gasteiger partial charge on any atom is -0.319 e. The van der Waals surface area contributed by atoms with Crippen molar-refractivity contribution >= 4 is 11.6 Å². The van der Waals surface area contributed by atoms with Crippen molar-refractivity contribution in [1.29, 1.82) is 0 Å². The van der Waals surface area contributed by atoms with Gasteiger partial charge in [0.2, 0.25) is 0 Å². The number of pyridine rings is 1. The summed E-state index contributed by atoms with van der Waals surface area (Å²) in [6.45, 7) is 12.0. The molecule has 0 aliphatic rings. The van der Waals surface area contributed by atoms with Gasteiger partial charge in [-0.05, 0) is 65.8 Å². The number of rotatable bonds is 3. The first-order valence-corrected chi connectivity index (χ1v) is 8.53. The number of carbonyl (C=O) groups excluding carboxylic acids is 1. The van der Waals surface area contributed by atoms with E-state index in [-0.39, 0.29) is 11.4 Å². The molecule has 0 aromatic carbocycles. The molecule has 1 N–H and O–H groups in total. The third-order valence-corrected chi connectivity index (χ3v) is 3.99. The Balaban J connectivity index is 1.77. The summed E-state index contributed by atoms with van der Waals surface area (Å²) in [5.41, 5.74) is 3.72. The van der Waals surface area contributed by atoms with Crippen LogP contribution in [0.5, 0.6) is 0 Å². The Morgan fingerprint density at radius 1 is 1.04 bits per heavy atom. The van der Waals surface area contributed by atoms with Crippen LogP contribution in [0.3, 0.4) is 0 Å². The summed E-state index contributed by atoms with van der Waals surface area (Å²) < 4.78 is 3.63. The van der Waals surface area contributed by atoms with Crippen LogP contribution in [0, 0.1) is 20.8 Å². The Kier molecular flexibility index (Phi) is 4.39. The summed E-state index contributed by atoms with van der Waals surface area (Å²) in [7, 11) is 0.